The van der Waals surface area contributed by atoms with Crippen LogP contribution in [0.2, 0.25) is 0 Å². The topological polar surface area (TPSA) is 59.7 Å². The van der Waals surface area contributed by atoms with Gasteiger partial charge in [-0.05, 0) is 77.7 Å². The van der Waals surface area contributed by atoms with E-state index in [0.717, 1.165) is 52.8 Å². The standard InChI is InChI=1S/C34H35BF3N3O2/c1-22(2)25(5)40-13-15-41(16-14-40)27-11-10-24(4)33(20-23(3)28-8-6-7-9-29(28)33)32-30(34(36,37)38)18-26(35(42)21-39)19-31(32)43-17-12-27/h6,8,10-12,18-19,42H,1,3-5,7,9,13-17,20H2,2H3/b11-10-,27-12+. The van der Waals surface area contributed by atoms with Gasteiger partial charge in [0, 0.05) is 54.5 Å². The third-order valence-corrected chi connectivity index (χ3v) is 8.89. The molecule has 2 aliphatic carbocycles. The zero-order valence-electron chi connectivity index (χ0n) is 24.4. The third kappa shape index (κ3) is 5.41. The van der Waals surface area contributed by atoms with E-state index in [1.54, 1.807) is 5.97 Å². The van der Waals surface area contributed by atoms with Gasteiger partial charge in [0.1, 0.15) is 12.4 Å². The molecular formula is C34H35BF3N3O2. The second kappa shape index (κ2) is 11.5. The summed E-state index contributed by atoms with van der Waals surface area (Å²) < 4.78 is 50.9. The molecule has 5 nitrogen and oxygen atoms in total. The van der Waals surface area contributed by atoms with Crippen LogP contribution >= 0.6 is 0 Å². The van der Waals surface area contributed by atoms with Gasteiger partial charge in [0.05, 0.1) is 5.56 Å². The molecule has 1 aromatic rings. The number of ether oxygens (including phenoxy) is 1. The molecule has 4 aliphatic rings. The van der Waals surface area contributed by atoms with Gasteiger partial charge < -0.3 is 19.6 Å². The highest BCUT2D eigenvalue weighted by Crippen LogP contribution is 2.59. The van der Waals surface area contributed by atoms with Gasteiger partial charge in [0.2, 0.25) is 0 Å². The van der Waals surface area contributed by atoms with Crippen LogP contribution in [0.3, 0.4) is 0 Å². The molecule has 1 fully saturated rings. The van der Waals surface area contributed by atoms with Crippen molar-refractivity contribution in [1.82, 2.24) is 9.80 Å². The number of nitrogens with zero attached hydrogens (tertiary/aromatic N) is 3. The van der Waals surface area contributed by atoms with Crippen molar-refractivity contribution >= 4 is 12.4 Å². The summed E-state index contributed by atoms with van der Waals surface area (Å²) in [5.41, 5.74) is 3.20. The van der Waals surface area contributed by atoms with Crippen LogP contribution in [-0.4, -0.2) is 54.5 Å². The van der Waals surface area contributed by atoms with Gasteiger partial charge in [0.15, 0.2) is 0 Å². The fourth-order valence-electron chi connectivity index (χ4n) is 6.67. The molecule has 0 aromatic heterocycles. The second-order valence-electron chi connectivity index (χ2n) is 11.5. The molecular weight excluding hydrogens is 550 g/mol. The van der Waals surface area contributed by atoms with Crippen molar-refractivity contribution < 1.29 is 22.9 Å². The SMILES string of the molecule is C=C(C)C(=C)N1CCN(C2=C/COc3cc(B(O)C#N)cc(C(F)(F)F)c3C3(CC(=C)C4=C3CCC=C4)C(=C)/C=C\2)CC1. The molecule has 1 spiro atoms. The molecule has 1 atom stereocenters. The lowest BCUT2D eigenvalue weighted by molar-refractivity contribution is -0.138. The van der Waals surface area contributed by atoms with Crippen molar-refractivity contribution in [2.75, 3.05) is 32.8 Å². The van der Waals surface area contributed by atoms with E-state index in [-0.39, 0.29) is 29.8 Å². The Morgan fingerprint density at radius 1 is 1.12 bits per heavy atom. The van der Waals surface area contributed by atoms with Gasteiger partial charge in [-0.15, -0.1) is 0 Å². The van der Waals surface area contributed by atoms with E-state index in [2.05, 4.69) is 36.1 Å². The maximum Gasteiger partial charge on any atom is 0.445 e. The third-order valence-electron chi connectivity index (χ3n) is 8.89. The Kier molecular flexibility index (Phi) is 8.10. The van der Waals surface area contributed by atoms with Crippen molar-refractivity contribution in [3.05, 3.63) is 119 Å². The molecule has 0 amide bonds. The van der Waals surface area contributed by atoms with E-state index in [0.29, 0.717) is 31.5 Å². The van der Waals surface area contributed by atoms with E-state index in [9.17, 15) is 23.5 Å². The smallest absolute Gasteiger partial charge is 0.445 e. The molecule has 1 N–H and O–H groups in total. The van der Waals surface area contributed by atoms with Crippen LogP contribution in [0.15, 0.2) is 108 Å². The predicted molar refractivity (Wildman–Crippen MR) is 164 cm³/mol. The second-order valence-corrected chi connectivity index (χ2v) is 11.5. The predicted octanol–water partition coefficient (Wildman–Crippen LogP) is 5.90. The highest BCUT2D eigenvalue weighted by Gasteiger charge is 2.51. The molecule has 43 heavy (non-hydrogen) atoms. The summed E-state index contributed by atoms with van der Waals surface area (Å²) in [5, 5.41) is 19.7. The normalized spacial score (nSPS) is 24.0. The fraction of sp³-hybridized carbons (Fsp3) is 0.324. The van der Waals surface area contributed by atoms with Crippen LogP contribution in [0, 0.1) is 11.2 Å². The first-order valence-electron chi connectivity index (χ1n) is 14.3. The van der Waals surface area contributed by atoms with Crippen LogP contribution in [-0.2, 0) is 11.6 Å². The Bertz CT molecular complexity index is 1570. The fourth-order valence-corrected chi connectivity index (χ4v) is 6.67. The first kappa shape index (κ1) is 30.3. The van der Waals surface area contributed by atoms with Crippen LogP contribution in [0.4, 0.5) is 13.2 Å². The highest BCUT2D eigenvalue weighted by molar-refractivity contribution is 6.73. The van der Waals surface area contributed by atoms with E-state index < -0.39 is 24.1 Å². The minimum absolute atomic E-state index is 0.00985. The van der Waals surface area contributed by atoms with Gasteiger partial charge >= 0.3 is 13.1 Å². The minimum atomic E-state index is -4.79. The van der Waals surface area contributed by atoms with Crippen LogP contribution in [0.25, 0.3) is 0 Å². The zero-order valence-corrected chi connectivity index (χ0v) is 24.4. The molecule has 0 saturated carbocycles. The molecule has 0 bridgehead atoms. The van der Waals surface area contributed by atoms with Crippen LogP contribution < -0.4 is 10.2 Å². The van der Waals surface area contributed by atoms with Crippen molar-refractivity contribution in [1.29, 1.82) is 5.26 Å². The first-order chi connectivity index (χ1) is 20.4. The average Bonchev–Trinajstić information content (AvgIpc) is 3.29. The largest absolute Gasteiger partial charge is 0.489 e. The summed E-state index contributed by atoms with van der Waals surface area (Å²) in [5.74, 6) is 1.62. The molecule has 1 unspecified atom stereocenters. The van der Waals surface area contributed by atoms with Crippen molar-refractivity contribution in [3.63, 3.8) is 0 Å². The lowest BCUT2D eigenvalue weighted by Gasteiger charge is -2.40. The molecule has 2 heterocycles. The van der Waals surface area contributed by atoms with Gasteiger partial charge in [-0.1, -0.05) is 50.6 Å². The van der Waals surface area contributed by atoms with E-state index in [1.807, 2.05) is 37.3 Å². The molecule has 0 radical (unpaired) electrons. The summed E-state index contributed by atoms with van der Waals surface area (Å²) >= 11 is 0. The maximum absolute atomic E-state index is 14.9. The number of halogens is 3. The zero-order chi connectivity index (χ0) is 31.1. The number of rotatable bonds is 4. The number of fused-ring (bicyclic) bond motifs is 3. The molecule has 222 valence electrons. The Labute approximate surface area is 251 Å². The average molecular weight is 585 g/mol. The van der Waals surface area contributed by atoms with Gasteiger partial charge in [-0.2, -0.15) is 13.2 Å². The summed E-state index contributed by atoms with van der Waals surface area (Å²) in [4.78, 5) is 4.41. The lowest BCUT2D eigenvalue weighted by Crippen LogP contribution is -2.45. The Hall–Kier alpha value is -4.16. The van der Waals surface area contributed by atoms with Gasteiger partial charge in [0.25, 0.3) is 0 Å². The first-order valence-corrected chi connectivity index (χ1v) is 14.3. The number of benzene rings is 1. The molecule has 5 rings (SSSR count). The summed E-state index contributed by atoms with van der Waals surface area (Å²) in [6.07, 6.45) is 6.21. The number of nitriles is 1. The summed E-state index contributed by atoms with van der Waals surface area (Å²) in [6.45, 7) is 19.9. The molecule has 1 aromatic carbocycles. The summed E-state index contributed by atoms with van der Waals surface area (Å²) in [7, 11) is 0. The van der Waals surface area contributed by atoms with Crippen molar-refractivity contribution in [2.24, 2.45) is 0 Å². The van der Waals surface area contributed by atoms with E-state index in [1.165, 1.54) is 6.07 Å². The number of piperazine rings is 1. The van der Waals surface area contributed by atoms with Gasteiger partial charge in [-0.3, -0.25) is 0 Å². The van der Waals surface area contributed by atoms with Crippen LogP contribution in [0.1, 0.15) is 37.3 Å². The van der Waals surface area contributed by atoms with Crippen molar-refractivity contribution in [2.45, 2.75) is 37.8 Å². The van der Waals surface area contributed by atoms with E-state index in [4.69, 9.17) is 4.74 Å². The van der Waals surface area contributed by atoms with E-state index >= 15 is 0 Å². The summed E-state index contributed by atoms with van der Waals surface area (Å²) in [6, 6.07) is 2.24. The molecule has 9 heteroatoms. The van der Waals surface area contributed by atoms with Gasteiger partial charge in [-0.25, -0.2) is 5.26 Å². The molecule has 1 saturated heterocycles. The highest BCUT2D eigenvalue weighted by atomic mass is 19.4. The quantitative estimate of drug-likeness (QED) is 0.353. The molecule has 2 aliphatic heterocycles. The number of allylic oxidation sites excluding steroid dienone is 9. The maximum atomic E-state index is 14.9. The minimum Gasteiger partial charge on any atom is -0.489 e. The van der Waals surface area contributed by atoms with Crippen LogP contribution in [0.5, 0.6) is 5.75 Å². The van der Waals surface area contributed by atoms with Crippen molar-refractivity contribution in [3.8, 4) is 11.7 Å². The number of hydrogen-bond donors (Lipinski definition) is 1. The number of hydrogen-bond acceptors (Lipinski definition) is 5. The monoisotopic (exact) mass is 585 g/mol. The number of alkyl halides is 3. The Morgan fingerprint density at radius 2 is 1.84 bits per heavy atom. The Balaban J connectivity index is 1.66. The Morgan fingerprint density at radius 3 is 2.49 bits per heavy atom. The lowest BCUT2D eigenvalue weighted by atomic mass is 9.60.